The lowest BCUT2D eigenvalue weighted by molar-refractivity contribution is -0.384. The number of nitrogens with zero attached hydrogens (tertiary/aromatic N) is 2. The molecule has 92 valence electrons. The number of hydrogen-bond donors (Lipinski definition) is 1. The van der Waals surface area contributed by atoms with Crippen LogP contribution in [-0.4, -0.2) is 29.2 Å². The summed E-state index contributed by atoms with van der Waals surface area (Å²) in [5.74, 6) is 0. The van der Waals surface area contributed by atoms with E-state index in [1.165, 1.54) is 6.07 Å². The Hall–Kier alpha value is -1.62. The van der Waals surface area contributed by atoms with Crippen LogP contribution in [0.4, 0.5) is 11.4 Å². The second-order valence-corrected chi connectivity index (χ2v) is 4.44. The summed E-state index contributed by atoms with van der Waals surface area (Å²) in [5.41, 5.74) is 1.66. The van der Waals surface area contributed by atoms with Crippen LogP contribution in [0.3, 0.4) is 0 Å². The van der Waals surface area contributed by atoms with E-state index in [1.807, 2.05) is 17.9 Å². The Kier molecular flexibility index (Phi) is 3.28. The van der Waals surface area contributed by atoms with Crippen molar-refractivity contribution < 1.29 is 10.0 Å². The molecule has 1 saturated heterocycles. The number of para-hydroxylation sites is 1. The van der Waals surface area contributed by atoms with E-state index in [4.69, 9.17) is 0 Å². The van der Waals surface area contributed by atoms with E-state index >= 15 is 0 Å². The third kappa shape index (κ3) is 2.39. The minimum atomic E-state index is -0.386. The van der Waals surface area contributed by atoms with E-state index in [-0.39, 0.29) is 16.7 Å². The number of benzene rings is 1. The van der Waals surface area contributed by atoms with Crippen molar-refractivity contribution in [2.75, 3.05) is 18.0 Å². The lowest BCUT2D eigenvalue weighted by Gasteiger charge is -2.32. The minimum absolute atomic E-state index is 0.124. The first-order valence-corrected chi connectivity index (χ1v) is 5.76. The summed E-state index contributed by atoms with van der Waals surface area (Å²) in [5, 5.41) is 20.7. The Bertz CT molecular complexity index is 434. The van der Waals surface area contributed by atoms with Gasteiger partial charge in [0.1, 0.15) is 5.69 Å². The summed E-state index contributed by atoms with van der Waals surface area (Å²) in [6.07, 6.45) is 1.26. The van der Waals surface area contributed by atoms with Gasteiger partial charge in [-0.2, -0.15) is 0 Å². The summed E-state index contributed by atoms with van der Waals surface area (Å²) >= 11 is 0. The van der Waals surface area contributed by atoms with Gasteiger partial charge in [-0.05, 0) is 25.3 Å². The Morgan fingerprint density at radius 3 is 2.94 bits per heavy atom. The quantitative estimate of drug-likeness (QED) is 0.628. The van der Waals surface area contributed by atoms with Crippen LogP contribution in [0.5, 0.6) is 0 Å². The highest BCUT2D eigenvalue weighted by Crippen LogP contribution is 2.33. The van der Waals surface area contributed by atoms with E-state index in [1.54, 1.807) is 6.07 Å². The normalized spacial score (nSPS) is 20.4. The van der Waals surface area contributed by atoms with Gasteiger partial charge in [0.25, 0.3) is 5.69 Å². The van der Waals surface area contributed by atoms with Crippen molar-refractivity contribution >= 4 is 11.4 Å². The number of aliphatic hydroxyl groups is 1. The van der Waals surface area contributed by atoms with Crippen LogP contribution in [0.1, 0.15) is 18.4 Å². The molecule has 0 amide bonds. The Morgan fingerprint density at radius 2 is 2.29 bits per heavy atom. The molecule has 0 aromatic heterocycles. The van der Waals surface area contributed by atoms with E-state index < -0.39 is 0 Å². The molecule has 0 bridgehead atoms. The van der Waals surface area contributed by atoms with Crippen LogP contribution in [0, 0.1) is 17.0 Å². The van der Waals surface area contributed by atoms with Crippen LogP contribution >= 0.6 is 0 Å². The van der Waals surface area contributed by atoms with E-state index in [2.05, 4.69) is 0 Å². The average Bonchev–Trinajstić information content (AvgIpc) is 2.28. The smallest absolute Gasteiger partial charge is 0.292 e. The maximum Gasteiger partial charge on any atom is 0.292 e. The first-order valence-electron chi connectivity index (χ1n) is 5.76. The van der Waals surface area contributed by atoms with Crippen molar-refractivity contribution in [1.29, 1.82) is 0 Å². The van der Waals surface area contributed by atoms with Crippen LogP contribution in [0.25, 0.3) is 0 Å². The molecule has 5 nitrogen and oxygen atoms in total. The molecule has 1 aromatic rings. The van der Waals surface area contributed by atoms with Crippen LogP contribution in [-0.2, 0) is 0 Å². The highest BCUT2D eigenvalue weighted by molar-refractivity contribution is 5.67. The number of hydrogen-bond acceptors (Lipinski definition) is 4. The monoisotopic (exact) mass is 236 g/mol. The molecule has 1 fully saturated rings. The fourth-order valence-electron chi connectivity index (χ4n) is 2.36. The molecule has 1 N–H and O–H groups in total. The Labute approximate surface area is 99.8 Å². The fraction of sp³-hybridized carbons (Fsp3) is 0.500. The predicted octanol–water partition coefficient (Wildman–Crippen LogP) is 1.86. The van der Waals surface area contributed by atoms with Gasteiger partial charge in [-0.1, -0.05) is 12.1 Å². The molecule has 1 aliphatic rings. The summed E-state index contributed by atoms with van der Waals surface area (Å²) in [4.78, 5) is 12.6. The second-order valence-electron chi connectivity index (χ2n) is 4.44. The molecular formula is C12H16N2O3. The topological polar surface area (TPSA) is 66.6 Å². The number of rotatable bonds is 2. The van der Waals surface area contributed by atoms with Gasteiger partial charge in [0.15, 0.2) is 0 Å². The summed E-state index contributed by atoms with van der Waals surface area (Å²) in [7, 11) is 0. The van der Waals surface area contributed by atoms with Crippen LogP contribution in [0.15, 0.2) is 18.2 Å². The van der Waals surface area contributed by atoms with Gasteiger partial charge >= 0.3 is 0 Å². The average molecular weight is 236 g/mol. The minimum Gasteiger partial charge on any atom is -0.391 e. The van der Waals surface area contributed by atoms with Crippen molar-refractivity contribution in [1.82, 2.24) is 0 Å². The molecule has 17 heavy (non-hydrogen) atoms. The summed E-state index contributed by atoms with van der Waals surface area (Å²) in [6, 6.07) is 5.07. The largest absolute Gasteiger partial charge is 0.391 e. The van der Waals surface area contributed by atoms with E-state index in [9.17, 15) is 15.2 Å². The van der Waals surface area contributed by atoms with E-state index in [0.717, 1.165) is 24.9 Å². The van der Waals surface area contributed by atoms with Crippen molar-refractivity contribution in [2.45, 2.75) is 25.9 Å². The third-order valence-electron chi connectivity index (χ3n) is 3.13. The fourth-order valence-corrected chi connectivity index (χ4v) is 2.36. The zero-order chi connectivity index (χ0) is 12.4. The van der Waals surface area contributed by atoms with Crippen molar-refractivity contribution in [3.63, 3.8) is 0 Å². The molecule has 0 saturated carbocycles. The zero-order valence-electron chi connectivity index (χ0n) is 9.80. The molecule has 1 atom stereocenters. The second kappa shape index (κ2) is 4.71. The maximum atomic E-state index is 11.0. The molecule has 1 aliphatic heterocycles. The SMILES string of the molecule is Cc1cccc([N+](=O)[O-])c1N1CCC[C@H](O)C1. The molecule has 0 aliphatic carbocycles. The number of nitro benzene ring substituents is 1. The lowest BCUT2D eigenvalue weighted by Crippen LogP contribution is -2.38. The molecule has 2 rings (SSSR count). The molecular weight excluding hydrogens is 220 g/mol. The summed E-state index contributed by atoms with van der Waals surface area (Å²) < 4.78 is 0. The Balaban J connectivity index is 2.39. The van der Waals surface area contributed by atoms with Crippen molar-refractivity contribution in [3.05, 3.63) is 33.9 Å². The highest BCUT2D eigenvalue weighted by atomic mass is 16.6. The first-order chi connectivity index (χ1) is 8.09. The third-order valence-corrected chi connectivity index (χ3v) is 3.13. The van der Waals surface area contributed by atoms with Gasteiger partial charge in [-0.15, -0.1) is 0 Å². The van der Waals surface area contributed by atoms with Crippen molar-refractivity contribution in [2.24, 2.45) is 0 Å². The molecule has 5 heteroatoms. The molecule has 0 radical (unpaired) electrons. The van der Waals surface area contributed by atoms with E-state index in [0.29, 0.717) is 12.2 Å². The maximum absolute atomic E-state index is 11.0. The van der Waals surface area contributed by atoms with Gasteiger partial charge in [-0.3, -0.25) is 10.1 Å². The standard InChI is InChI=1S/C12H16N2O3/c1-9-4-2-6-11(14(16)17)12(9)13-7-3-5-10(15)8-13/h2,4,6,10,15H,3,5,7-8H2,1H3/t10-/m0/s1. The van der Waals surface area contributed by atoms with Gasteiger partial charge < -0.3 is 10.0 Å². The summed E-state index contributed by atoms with van der Waals surface area (Å²) in [6.45, 7) is 3.11. The van der Waals surface area contributed by atoms with Gasteiger partial charge in [0, 0.05) is 19.2 Å². The van der Waals surface area contributed by atoms with Crippen LogP contribution in [0.2, 0.25) is 0 Å². The van der Waals surface area contributed by atoms with Crippen LogP contribution < -0.4 is 4.90 Å². The number of piperidine rings is 1. The molecule has 0 unspecified atom stereocenters. The van der Waals surface area contributed by atoms with Crippen molar-refractivity contribution in [3.8, 4) is 0 Å². The number of β-amino-alcohol motifs (C(OH)–C–C–N with tert-alkyl or cyclic N) is 1. The lowest BCUT2D eigenvalue weighted by atomic mass is 10.0. The molecule has 0 spiro atoms. The first kappa shape index (κ1) is 11.9. The number of nitro groups is 1. The molecule has 1 aromatic carbocycles. The molecule has 1 heterocycles. The number of anilines is 1. The van der Waals surface area contributed by atoms with Gasteiger partial charge in [0.05, 0.1) is 11.0 Å². The van der Waals surface area contributed by atoms with Gasteiger partial charge in [-0.25, -0.2) is 0 Å². The predicted molar refractivity (Wildman–Crippen MR) is 65.3 cm³/mol. The zero-order valence-corrected chi connectivity index (χ0v) is 9.80. The highest BCUT2D eigenvalue weighted by Gasteiger charge is 2.25. The Morgan fingerprint density at radius 1 is 1.53 bits per heavy atom. The number of aryl methyl sites for hydroxylation is 1. The van der Waals surface area contributed by atoms with Gasteiger partial charge in [0.2, 0.25) is 0 Å². The number of aliphatic hydroxyl groups excluding tert-OH is 1.